The molecule has 7 nitrogen and oxygen atoms in total. The van der Waals surface area contributed by atoms with Gasteiger partial charge in [-0.05, 0) is 38.4 Å². The molecule has 0 spiro atoms. The van der Waals surface area contributed by atoms with Gasteiger partial charge in [0.2, 0.25) is 5.89 Å². The molecule has 2 heterocycles. The number of amides is 1. The fraction of sp³-hybridized carbons (Fsp3) is 0.471. The Balaban J connectivity index is 1.43. The molecule has 0 radical (unpaired) electrons. The third kappa shape index (κ3) is 4.11. The molecule has 3 rings (SSSR count). The molecule has 0 aliphatic carbocycles. The highest BCUT2D eigenvalue weighted by molar-refractivity contribution is 5.77. The standard InChI is InChI=1S/C17H22N4O3/c1-12-19-17(24-20-12)15-8-13(10-21(15)2)9-18-16(22)11-23-14-6-4-3-5-7-14/h3-7,13,15H,8-11H2,1-2H3,(H,18,22)/t13-,15+/m1/s1. The van der Waals surface area contributed by atoms with Crippen molar-refractivity contribution in [3.8, 4) is 5.75 Å². The minimum atomic E-state index is -0.112. The minimum absolute atomic E-state index is 0.0266. The van der Waals surface area contributed by atoms with Crippen LogP contribution in [0.15, 0.2) is 34.9 Å². The number of carbonyl (C=O) groups is 1. The second kappa shape index (κ2) is 7.44. The van der Waals surface area contributed by atoms with E-state index in [1.165, 1.54) is 0 Å². The number of carbonyl (C=O) groups excluding carboxylic acids is 1. The summed E-state index contributed by atoms with van der Waals surface area (Å²) in [5.41, 5.74) is 0. The van der Waals surface area contributed by atoms with E-state index < -0.39 is 0 Å². The summed E-state index contributed by atoms with van der Waals surface area (Å²) >= 11 is 0. The van der Waals surface area contributed by atoms with Gasteiger partial charge in [-0.15, -0.1) is 0 Å². The van der Waals surface area contributed by atoms with Gasteiger partial charge in [-0.3, -0.25) is 9.69 Å². The maximum absolute atomic E-state index is 11.9. The van der Waals surface area contributed by atoms with Gasteiger partial charge >= 0.3 is 0 Å². The SMILES string of the molecule is Cc1noc([C@@H]2C[C@H](CNC(=O)COc3ccccc3)CN2C)n1. The number of rotatable bonds is 6. The maximum Gasteiger partial charge on any atom is 0.257 e. The van der Waals surface area contributed by atoms with Crippen LogP contribution >= 0.6 is 0 Å². The van der Waals surface area contributed by atoms with Crippen LogP contribution in [-0.2, 0) is 4.79 Å². The van der Waals surface area contributed by atoms with Crippen molar-refractivity contribution < 1.29 is 14.1 Å². The molecule has 1 aliphatic heterocycles. The summed E-state index contributed by atoms with van der Waals surface area (Å²) < 4.78 is 10.7. The van der Waals surface area contributed by atoms with E-state index in [2.05, 4.69) is 20.4 Å². The Kier molecular flexibility index (Phi) is 5.10. The maximum atomic E-state index is 11.9. The summed E-state index contributed by atoms with van der Waals surface area (Å²) in [7, 11) is 2.03. The van der Waals surface area contributed by atoms with Crippen LogP contribution in [0.1, 0.15) is 24.2 Å². The molecule has 0 saturated carbocycles. The number of ether oxygens (including phenoxy) is 1. The van der Waals surface area contributed by atoms with E-state index in [9.17, 15) is 4.79 Å². The fourth-order valence-electron chi connectivity index (χ4n) is 2.97. The molecule has 1 amide bonds. The van der Waals surface area contributed by atoms with E-state index >= 15 is 0 Å². The van der Waals surface area contributed by atoms with Crippen molar-refractivity contribution in [2.45, 2.75) is 19.4 Å². The molecule has 24 heavy (non-hydrogen) atoms. The Hall–Kier alpha value is -2.41. The molecule has 128 valence electrons. The number of aromatic nitrogens is 2. The average molecular weight is 330 g/mol. The Labute approximate surface area is 141 Å². The zero-order valence-electron chi connectivity index (χ0n) is 13.9. The lowest BCUT2D eigenvalue weighted by atomic mass is 10.1. The zero-order valence-corrected chi connectivity index (χ0v) is 13.9. The summed E-state index contributed by atoms with van der Waals surface area (Å²) in [6, 6.07) is 9.44. The first-order valence-electron chi connectivity index (χ1n) is 8.07. The van der Waals surface area contributed by atoms with E-state index in [4.69, 9.17) is 9.26 Å². The van der Waals surface area contributed by atoms with Crippen LogP contribution in [0.4, 0.5) is 0 Å². The Morgan fingerprint density at radius 1 is 1.42 bits per heavy atom. The molecule has 2 aromatic rings. The number of hydrogen-bond donors (Lipinski definition) is 1. The molecular weight excluding hydrogens is 308 g/mol. The van der Waals surface area contributed by atoms with Gasteiger partial charge in [0.05, 0.1) is 6.04 Å². The van der Waals surface area contributed by atoms with Crippen LogP contribution in [0.2, 0.25) is 0 Å². The highest BCUT2D eigenvalue weighted by atomic mass is 16.5. The summed E-state index contributed by atoms with van der Waals surface area (Å²) in [6.07, 6.45) is 0.887. The number of hydrogen-bond acceptors (Lipinski definition) is 6. The second-order valence-electron chi connectivity index (χ2n) is 6.14. The lowest BCUT2D eigenvalue weighted by molar-refractivity contribution is -0.123. The van der Waals surface area contributed by atoms with E-state index in [-0.39, 0.29) is 18.6 Å². The predicted molar refractivity (Wildman–Crippen MR) is 87.5 cm³/mol. The summed E-state index contributed by atoms with van der Waals surface area (Å²) in [5, 5.41) is 6.78. The number of para-hydroxylation sites is 1. The van der Waals surface area contributed by atoms with Gasteiger partial charge in [-0.25, -0.2) is 0 Å². The van der Waals surface area contributed by atoms with Crippen LogP contribution < -0.4 is 10.1 Å². The second-order valence-corrected chi connectivity index (χ2v) is 6.14. The van der Waals surface area contributed by atoms with Gasteiger partial charge in [0.15, 0.2) is 12.4 Å². The van der Waals surface area contributed by atoms with Crippen molar-refractivity contribution >= 4 is 5.91 Å². The van der Waals surface area contributed by atoms with E-state index in [0.29, 0.717) is 29.9 Å². The van der Waals surface area contributed by atoms with Crippen LogP contribution in [-0.4, -0.2) is 47.7 Å². The van der Waals surface area contributed by atoms with Crippen LogP contribution in [0.25, 0.3) is 0 Å². The van der Waals surface area contributed by atoms with Gasteiger partial charge in [-0.1, -0.05) is 23.4 Å². The smallest absolute Gasteiger partial charge is 0.257 e. The summed E-state index contributed by atoms with van der Waals surface area (Å²) in [6.45, 7) is 3.34. The van der Waals surface area contributed by atoms with E-state index in [1.807, 2.05) is 44.3 Å². The number of benzene rings is 1. The topological polar surface area (TPSA) is 80.5 Å². The van der Waals surface area contributed by atoms with Crippen molar-refractivity contribution in [3.05, 3.63) is 42.0 Å². The van der Waals surface area contributed by atoms with Crippen LogP contribution in [0.5, 0.6) is 5.75 Å². The average Bonchev–Trinajstić information content (AvgIpc) is 3.17. The molecule has 1 aromatic heterocycles. The summed E-state index contributed by atoms with van der Waals surface area (Å²) in [5.74, 6) is 2.23. The molecule has 7 heteroatoms. The van der Waals surface area contributed by atoms with Crippen molar-refractivity contribution in [1.82, 2.24) is 20.4 Å². The normalized spacial score (nSPS) is 20.9. The van der Waals surface area contributed by atoms with Gasteiger partial charge in [0, 0.05) is 13.1 Å². The molecule has 1 aliphatic rings. The molecule has 1 aromatic carbocycles. The first-order chi connectivity index (χ1) is 11.6. The first kappa shape index (κ1) is 16.4. The van der Waals surface area contributed by atoms with Crippen LogP contribution in [0.3, 0.4) is 0 Å². The Bertz CT molecular complexity index is 673. The quantitative estimate of drug-likeness (QED) is 0.866. The molecular formula is C17H22N4O3. The van der Waals surface area contributed by atoms with Crippen molar-refractivity contribution in [1.29, 1.82) is 0 Å². The van der Waals surface area contributed by atoms with Gasteiger partial charge < -0.3 is 14.6 Å². The fourth-order valence-corrected chi connectivity index (χ4v) is 2.97. The molecule has 1 fully saturated rings. The molecule has 0 unspecified atom stereocenters. The minimum Gasteiger partial charge on any atom is -0.484 e. The number of aryl methyl sites for hydroxylation is 1. The lowest BCUT2D eigenvalue weighted by Gasteiger charge is -2.14. The van der Waals surface area contributed by atoms with Crippen molar-refractivity contribution in [2.75, 3.05) is 26.7 Å². The zero-order chi connectivity index (χ0) is 16.9. The van der Waals surface area contributed by atoms with Gasteiger partial charge in [0.25, 0.3) is 5.91 Å². The van der Waals surface area contributed by atoms with Crippen molar-refractivity contribution in [2.24, 2.45) is 5.92 Å². The highest BCUT2D eigenvalue weighted by Crippen LogP contribution is 2.32. The Morgan fingerprint density at radius 3 is 2.92 bits per heavy atom. The largest absolute Gasteiger partial charge is 0.484 e. The third-order valence-electron chi connectivity index (χ3n) is 4.16. The van der Waals surface area contributed by atoms with Crippen LogP contribution in [0, 0.1) is 12.8 Å². The summed E-state index contributed by atoms with van der Waals surface area (Å²) in [4.78, 5) is 18.4. The van der Waals surface area contributed by atoms with Gasteiger partial charge in [-0.2, -0.15) is 4.98 Å². The highest BCUT2D eigenvalue weighted by Gasteiger charge is 2.34. The molecule has 0 bridgehead atoms. The lowest BCUT2D eigenvalue weighted by Crippen LogP contribution is -2.33. The first-order valence-corrected chi connectivity index (χ1v) is 8.07. The number of nitrogens with one attached hydrogen (secondary N) is 1. The number of likely N-dealkylation sites (tertiary alicyclic amines) is 1. The monoisotopic (exact) mass is 330 g/mol. The van der Waals surface area contributed by atoms with E-state index in [1.54, 1.807) is 0 Å². The molecule has 1 N–H and O–H groups in total. The number of nitrogens with zero attached hydrogens (tertiary/aromatic N) is 3. The predicted octanol–water partition coefficient (Wildman–Crippen LogP) is 1.57. The Morgan fingerprint density at radius 2 is 2.21 bits per heavy atom. The third-order valence-corrected chi connectivity index (χ3v) is 4.16. The van der Waals surface area contributed by atoms with E-state index in [0.717, 1.165) is 13.0 Å². The van der Waals surface area contributed by atoms with Gasteiger partial charge in [0.1, 0.15) is 5.75 Å². The molecule has 1 saturated heterocycles. The molecule has 2 atom stereocenters. The van der Waals surface area contributed by atoms with Crippen molar-refractivity contribution in [3.63, 3.8) is 0 Å².